The van der Waals surface area contributed by atoms with E-state index in [9.17, 15) is 9.90 Å². The zero-order valence-corrected chi connectivity index (χ0v) is 12.8. The Morgan fingerprint density at radius 1 is 1.55 bits per heavy atom. The van der Waals surface area contributed by atoms with E-state index in [-0.39, 0.29) is 18.6 Å². The number of hydrogen-bond acceptors (Lipinski definition) is 3. The highest BCUT2D eigenvalue weighted by Crippen LogP contribution is 2.24. The van der Waals surface area contributed by atoms with E-state index in [0.717, 1.165) is 5.56 Å². The lowest BCUT2D eigenvalue weighted by molar-refractivity contribution is -0.139. The van der Waals surface area contributed by atoms with E-state index in [0.29, 0.717) is 23.7 Å². The minimum atomic E-state index is -0.463. The Labute approximate surface area is 124 Å². The molecule has 1 atom stereocenters. The van der Waals surface area contributed by atoms with Gasteiger partial charge in [0.2, 0.25) is 0 Å². The molecule has 1 aliphatic heterocycles. The summed E-state index contributed by atoms with van der Waals surface area (Å²) >= 11 is 6.07. The largest absolute Gasteiger partial charge is 0.394 e. The molecule has 1 aromatic rings. The molecule has 1 fully saturated rings. The maximum absolute atomic E-state index is 12.5. The SMILES string of the molecule is Cc1ccc(C(=O)N2CC(CO)OC(C)(C)C2)cc1Cl. The maximum Gasteiger partial charge on any atom is 0.254 e. The summed E-state index contributed by atoms with van der Waals surface area (Å²) in [5, 5.41) is 9.88. The van der Waals surface area contributed by atoms with Gasteiger partial charge >= 0.3 is 0 Å². The molecular formula is C15H20ClNO3. The van der Waals surface area contributed by atoms with E-state index < -0.39 is 5.60 Å². The second-order valence-corrected chi connectivity index (χ2v) is 6.24. The van der Waals surface area contributed by atoms with Crippen LogP contribution >= 0.6 is 11.6 Å². The molecule has 1 unspecified atom stereocenters. The first kappa shape index (κ1) is 15.3. The van der Waals surface area contributed by atoms with Gasteiger partial charge in [-0.1, -0.05) is 17.7 Å². The average molecular weight is 298 g/mol. The summed E-state index contributed by atoms with van der Waals surface area (Å²) in [6, 6.07) is 5.31. The lowest BCUT2D eigenvalue weighted by atomic mass is 10.0. The Morgan fingerprint density at radius 2 is 2.25 bits per heavy atom. The van der Waals surface area contributed by atoms with Crippen molar-refractivity contribution >= 4 is 17.5 Å². The van der Waals surface area contributed by atoms with Crippen LogP contribution in [0.15, 0.2) is 18.2 Å². The molecule has 0 spiro atoms. The third-order valence-electron chi connectivity index (χ3n) is 3.39. The van der Waals surface area contributed by atoms with Crippen LogP contribution in [0.5, 0.6) is 0 Å². The summed E-state index contributed by atoms with van der Waals surface area (Å²) in [5.41, 5.74) is 1.05. The summed E-state index contributed by atoms with van der Waals surface area (Å²) in [7, 11) is 0. The van der Waals surface area contributed by atoms with Gasteiger partial charge in [-0.2, -0.15) is 0 Å². The number of aliphatic hydroxyl groups is 1. The molecular weight excluding hydrogens is 278 g/mol. The molecule has 1 aliphatic rings. The van der Waals surface area contributed by atoms with E-state index in [4.69, 9.17) is 16.3 Å². The van der Waals surface area contributed by atoms with E-state index in [1.807, 2.05) is 26.8 Å². The van der Waals surface area contributed by atoms with Crippen molar-refractivity contribution in [1.29, 1.82) is 0 Å². The third-order valence-corrected chi connectivity index (χ3v) is 3.80. The van der Waals surface area contributed by atoms with Crippen LogP contribution in [-0.4, -0.2) is 47.3 Å². The number of benzene rings is 1. The fourth-order valence-corrected chi connectivity index (χ4v) is 2.63. The van der Waals surface area contributed by atoms with Crippen molar-refractivity contribution < 1.29 is 14.6 Å². The molecule has 20 heavy (non-hydrogen) atoms. The predicted octanol–water partition coefficient (Wildman–Crippen LogP) is 2.26. The average Bonchev–Trinajstić information content (AvgIpc) is 2.39. The van der Waals surface area contributed by atoms with Crippen molar-refractivity contribution in [2.75, 3.05) is 19.7 Å². The topological polar surface area (TPSA) is 49.8 Å². The third kappa shape index (κ3) is 3.32. The lowest BCUT2D eigenvalue weighted by Gasteiger charge is -2.42. The molecule has 5 heteroatoms. The van der Waals surface area contributed by atoms with Crippen LogP contribution < -0.4 is 0 Å². The van der Waals surface area contributed by atoms with E-state index in [2.05, 4.69) is 0 Å². The number of carbonyl (C=O) groups excluding carboxylic acids is 1. The summed E-state index contributed by atoms with van der Waals surface area (Å²) in [4.78, 5) is 14.3. The molecule has 1 aromatic carbocycles. The highest BCUT2D eigenvalue weighted by molar-refractivity contribution is 6.31. The molecule has 1 amide bonds. The summed E-state index contributed by atoms with van der Waals surface area (Å²) in [5.74, 6) is -0.0817. The number of amides is 1. The first-order chi connectivity index (χ1) is 9.32. The van der Waals surface area contributed by atoms with Gasteiger partial charge in [0.1, 0.15) is 0 Å². The summed E-state index contributed by atoms with van der Waals surface area (Å²) < 4.78 is 5.71. The normalized spacial score (nSPS) is 21.9. The van der Waals surface area contributed by atoms with Crippen molar-refractivity contribution in [2.45, 2.75) is 32.5 Å². The van der Waals surface area contributed by atoms with Gasteiger partial charge in [-0.05, 0) is 38.5 Å². The molecule has 110 valence electrons. The zero-order valence-electron chi connectivity index (χ0n) is 12.0. The monoisotopic (exact) mass is 297 g/mol. The molecule has 0 radical (unpaired) electrons. The minimum absolute atomic E-state index is 0.0817. The molecule has 4 nitrogen and oxygen atoms in total. The van der Waals surface area contributed by atoms with Gasteiger partial charge < -0.3 is 14.7 Å². The summed E-state index contributed by atoms with van der Waals surface area (Å²) in [6.45, 7) is 6.52. The van der Waals surface area contributed by atoms with E-state index >= 15 is 0 Å². The quantitative estimate of drug-likeness (QED) is 0.911. The molecule has 0 bridgehead atoms. The number of halogens is 1. The number of hydrogen-bond donors (Lipinski definition) is 1. The van der Waals surface area contributed by atoms with Crippen molar-refractivity contribution in [3.05, 3.63) is 34.3 Å². The van der Waals surface area contributed by atoms with Gasteiger partial charge in [0, 0.05) is 23.7 Å². The van der Waals surface area contributed by atoms with Gasteiger partial charge in [-0.25, -0.2) is 0 Å². The predicted molar refractivity (Wildman–Crippen MR) is 78.1 cm³/mol. The summed E-state index contributed by atoms with van der Waals surface area (Å²) in [6.07, 6.45) is -0.344. The number of ether oxygens (including phenoxy) is 1. The molecule has 1 saturated heterocycles. The first-order valence-corrected chi connectivity index (χ1v) is 7.04. The van der Waals surface area contributed by atoms with E-state index in [1.165, 1.54) is 0 Å². The highest BCUT2D eigenvalue weighted by atomic mass is 35.5. The Hall–Kier alpha value is -1.10. The number of aliphatic hydroxyl groups excluding tert-OH is 1. The molecule has 0 aromatic heterocycles. The van der Waals surface area contributed by atoms with Crippen LogP contribution in [0.2, 0.25) is 5.02 Å². The highest BCUT2D eigenvalue weighted by Gasteiger charge is 2.35. The standard InChI is InChI=1S/C15H20ClNO3/c1-10-4-5-11(6-13(10)16)14(19)17-7-12(8-18)20-15(2,3)9-17/h4-6,12,18H,7-9H2,1-3H3. The minimum Gasteiger partial charge on any atom is -0.394 e. The van der Waals surface area contributed by atoms with Gasteiger partial charge in [-0.3, -0.25) is 4.79 Å². The number of rotatable bonds is 2. The van der Waals surface area contributed by atoms with Crippen molar-refractivity contribution in [2.24, 2.45) is 0 Å². The Balaban J connectivity index is 2.21. The number of morpholine rings is 1. The van der Waals surface area contributed by atoms with Crippen LogP contribution in [0.4, 0.5) is 0 Å². The first-order valence-electron chi connectivity index (χ1n) is 6.66. The van der Waals surface area contributed by atoms with Crippen LogP contribution in [-0.2, 0) is 4.74 Å². The maximum atomic E-state index is 12.5. The van der Waals surface area contributed by atoms with Gasteiger partial charge in [0.05, 0.1) is 18.3 Å². The molecule has 2 rings (SSSR count). The van der Waals surface area contributed by atoms with Crippen LogP contribution in [0, 0.1) is 6.92 Å². The fourth-order valence-electron chi connectivity index (χ4n) is 2.45. The van der Waals surface area contributed by atoms with Crippen LogP contribution in [0.1, 0.15) is 29.8 Å². The van der Waals surface area contributed by atoms with Gasteiger partial charge in [0.25, 0.3) is 5.91 Å². The van der Waals surface area contributed by atoms with Crippen molar-refractivity contribution in [3.8, 4) is 0 Å². The molecule has 0 saturated carbocycles. The lowest BCUT2D eigenvalue weighted by Crippen LogP contribution is -2.55. The van der Waals surface area contributed by atoms with Crippen molar-refractivity contribution in [3.63, 3.8) is 0 Å². The molecule has 1 heterocycles. The Kier molecular flexibility index (Phi) is 4.37. The molecule has 0 aliphatic carbocycles. The molecule has 1 N–H and O–H groups in total. The smallest absolute Gasteiger partial charge is 0.254 e. The van der Waals surface area contributed by atoms with E-state index in [1.54, 1.807) is 17.0 Å². The second kappa shape index (κ2) is 5.72. The van der Waals surface area contributed by atoms with Crippen LogP contribution in [0.3, 0.4) is 0 Å². The van der Waals surface area contributed by atoms with Gasteiger partial charge in [-0.15, -0.1) is 0 Å². The second-order valence-electron chi connectivity index (χ2n) is 5.83. The Bertz CT molecular complexity index is 516. The zero-order chi connectivity index (χ0) is 14.9. The van der Waals surface area contributed by atoms with Crippen LogP contribution in [0.25, 0.3) is 0 Å². The number of nitrogens with zero attached hydrogens (tertiary/aromatic N) is 1. The fraction of sp³-hybridized carbons (Fsp3) is 0.533. The number of aryl methyl sites for hydroxylation is 1. The Morgan fingerprint density at radius 3 is 2.85 bits per heavy atom. The van der Waals surface area contributed by atoms with Crippen molar-refractivity contribution in [1.82, 2.24) is 4.90 Å². The van der Waals surface area contributed by atoms with Gasteiger partial charge in [0.15, 0.2) is 0 Å². The number of carbonyl (C=O) groups is 1.